The number of hydrogen-bond donors (Lipinski definition) is 1. The highest BCUT2D eigenvalue weighted by molar-refractivity contribution is 5.77. The lowest BCUT2D eigenvalue weighted by molar-refractivity contribution is 0.341. The smallest absolute Gasteiger partial charge is 0.160 e. The molecule has 3 heterocycles. The number of halogens is 1. The van der Waals surface area contributed by atoms with Crippen LogP contribution in [0.1, 0.15) is 18.4 Å². The number of nitrogens with zero attached hydrogens (tertiary/aromatic N) is 3. The number of hydrogen-bond acceptors (Lipinski definition) is 3. The van der Waals surface area contributed by atoms with Crippen LogP contribution in [-0.4, -0.2) is 27.6 Å². The van der Waals surface area contributed by atoms with Crippen molar-refractivity contribution in [3.05, 3.63) is 47.9 Å². The van der Waals surface area contributed by atoms with E-state index in [2.05, 4.69) is 14.9 Å². The van der Waals surface area contributed by atoms with Gasteiger partial charge in [-0.15, -0.1) is 0 Å². The Morgan fingerprint density at radius 3 is 3.00 bits per heavy atom. The van der Waals surface area contributed by atoms with E-state index in [9.17, 15) is 4.39 Å². The van der Waals surface area contributed by atoms with Crippen LogP contribution in [0.25, 0.3) is 22.6 Å². The second kappa shape index (κ2) is 6.32. The van der Waals surface area contributed by atoms with Gasteiger partial charge in [-0.2, -0.15) is 0 Å². The number of nitrogens with one attached hydrogen (secondary N) is 1. The van der Waals surface area contributed by atoms with E-state index >= 15 is 0 Å². The minimum Gasteiger partial charge on any atom is -0.316 e. The van der Waals surface area contributed by atoms with Gasteiger partial charge in [0.15, 0.2) is 5.65 Å². The first-order chi connectivity index (χ1) is 11.7. The summed E-state index contributed by atoms with van der Waals surface area (Å²) in [5.41, 5.74) is 3.27. The number of fused-ring (bicyclic) bond motifs is 1. The van der Waals surface area contributed by atoms with Crippen LogP contribution in [-0.2, 0) is 6.54 Å². The van der Waals surface area contributed by atoms with Crippen LogP contribution in [0.3, 0.4) is 0 Å². The van der Waals surface area contributed by atoms with E-state index in [4.69, 9.17) is 4.98 Å². The van der Waals surface area contributed by atoms with Gasteiger partial charge >= 0.3 is 0 Å². The molecule has 4 nitrogen and oxygen atoms in total. The van der Waals surface area contributed by atoms with Crippen LogP contribution in [0.15, 0.2) is 36.5 Å². The maximum absolute atomic E-state index is 14.4. The Hall–Kier alpha value is -2.27. The fourth-order valence-corrected chi connectivity index (χ4v) is 3.47. The molecule has 24 heavy (non-hydrogen) atoms. The molecule has 2 aromatic heterocycles. The molecule has 1 saturated heterocycles. The molecule has 1 aliphatic heterocycles. The van der Waals surface area contributed by atoms with Gasteiger partial charge in [0.2, 0.25) is 0 Å². The molecule has 0 radical (unpaired) electrons. The van der Waals surface area contributed by atoms with Gasteiger partial charge in [-0.1, -0.05) is 12.1 Å². The summed E-state index contributed by atoms with van der Waals surface area (Å²) in [5, 5.41) is 3.45. The third-order valence-corrected chi connectivity index (χ3v) is 4.68. The van der Waals surface area contributed by atoms with E-state index < -0.39 is 0 Å². The largest absolute Gasteiger partial charge is 0.316 e. The molecule has 124 valence electrons. The van der Waals surface area contributed by atoms with Crippen LogP contribution < -0.4 is 5.32 Å². The summed E-state index contributed by atoms with van der Waals surface area (Å²) in [6.07, 6.45) is 4.21. The molecule has 0 saturated carbocycles. The van der Waals surface area contributed by atoms with Crippen molar-refractivity contribution in [3.8, 4) is 11.4 Å². The summed E-state index contributed by atoms with van der Waals surface area (Å²) in [5.74, 6) is 0.948. The Balaban J connectivity index is 1.85. The highest BCUT2D eigenvalue weighted by Crippen LogP contribution is 2.28. The summed E-state index contributed by atoms with van der Waals surface area (Å²) in [6.45, 7) is 4.88. The average molecular weight is 324 g/mol. The van der Waals surface area contributed by atoms with E-state index in [1.807, 2.05) is 25.3 Å². The van der Waals surface area contributed by atoms with E-state index in [0.29, 0.717) is 17.3 Å². The molecule has 1 aromatic carbocycles. The van der Waals surface area contributed by atoms with E-state index in [1.165, 1.54) is 18.9 Å². The third-order valence-electron chi connectivity index (χ3n) is 4.68. The molecule has 1 N–H and O–H groups in total. The van der Waals surface area contributed by atoms with Crippen molar-refractivity contribution in [2.24, 2.45) is 5.92 Å². The summed E-state index contributed by atoms with van der Waals surface area (Å²) in [7, 11) is 0. The fraction of sp³-hybridized carbons (Fsp3) is 0.368. The molecule has 4 rings (SSSR count). The Morgan fingerprint density at radius 2 is 2.21 bits per heavy atom. The topological polar surface area (TPSA) is 42.7 Å². The lowest BCUT2D eigenvalue weighted by atomic mass is 9.99. The first-order valence-electron chi connectivity index (χ1n) is 8.51. The number of imidazole rings is 1. The lowest BCUT2D eigenvalue weighted by Gasteiger charge is -2.24. The lowest BCUT2D eigenvalue weighted by Crippen LogP contribution is -2.32. The van der Waals surface area contributed by atoms with E-state index in [-0.39, 0.29) is 5.82 Å². The first kappa shape index (κ1) is 15.3. The zero-order valence-corrected chi connectivity index (χ0v) is 13.8. The van der Waals surface area contributed by atoms with Crippen molar-refractivity contribution in [2.75, 3.05) is 13.1 Å². The maximum Gasteiger partial charge on any atom is 0.160 e. The molecule has 0 aliphatic carbocycles. The van der Waals surface area contributed by atoms with Gasteiger partial charge in [0.25, 0.3) is 0 Å². The Bertz CT molecular complexity index is 865. The van der Waals surface area contributed by atoms with Gasteiger partial charge in [0.05, 0.1) is 5.56 Å². The monoisotopic (exact) mass is 324 g/mol. The standard InChI is InChI=1S/C19H21FN4/c1-13-9-17-19(22-10-13)24(12-14-5-4-8-21-11-14)18(23-17)15-6-2-3-7-16(15)20/h2-3,6-7,9-10,14,21H,4-5,8,11-12H2,1H3. The summed E-state index contributed by atoms with van der Waals surface area (Å²) >= 11 is 0. The summed E-state index contributed by atoms with van der Waals surface area (Å²) in [4.78, 5) is 9.29. The molecule has 0 spiro atoms. The van der Waals surface area contributed by atoms with Crippen molar-refractivity contribution in [3.63, 3.8) is 0 Å². The van der Waals surface area contributed by atoms with Gasteiger partial charge in [-0.05, 0) is 62.5 Å². The normalized spacial score (nSPS) is 18.2. The van der Waals surface area contributed by atoms with Crippen molar-refractivity contribution >= 4 is 11.2 Å². The highest BCUT2D eigenvalue weighted by atomic mass is 19.1. The molecule has 1 fully saturated rings. The van der Waals surface area contributed by atoms with Gasteiger partial charge in [0.1, 0.15) is 17.2 Å². The zero-order valence-electron chi connectivity index (χ0n) is 13.8. The molecular formula is C19H21FN4. The Kier molecular flexibility index (Phi) is 4.02. The van der Waals surface area contributed by atoms with Crippen LogP contribution in [0.5, 0.6) is 0 Å². The zero-order chi connectivity index (χ0) is 16.5. The fourth-order valence-electron chi connectivity index (χ4n) is 3.47. The highest BCUT2D eigenvalue weighted by Gasteiger charge is 2.21. The number of benzene rings is 1. The van der Waals surface area contributed by atoms with Crippen LogP contribution >= 0.6 is 0 Å². The van der Waals surface area contributed by atoms with Crippen LogP contribution in [0.4, 0.5) is 4.39 Å². The second-order valence-electron chi connectivity index (χ2n) is 6.59. The van der Waals surface area contributed by atoms with Gasteiger partial charge in [-0.25, -0.2) is 14.4 Å². The predicted molar refractivity (Wildman–Crippen MR) is 93.3 cm³/mol. The minimum absolute atomic E-state index is 0.243. The quantitative estimate of drug-likeness (QED) is 0.801. The number of aryl methyl sites for hydroxylation is 1. The van der Waals surface area contributed by atoms with Gasteiger partial charge in [0, 0.05) is 12.7 Å². The van der Waals surface area contributed by atoms with Crippen LogP contribution in [0.2, 0.25) is 0 Å². The van der Waals surface area contributed by atoms with Crippen LogP contribution in [0, 0.1) is 18.7 Å². The van der Waals surface area contributed by atoms with Gasteiger partial charge in [-0.3, -0.25) is 0 Å². The number of pyridine rings is 1. The molecule has 0 bridgehead atoms. The molecule has 5 heteroatoms. The average Bonchev–Trinajstić information content (AvgIpc) is 2.93. The van der Waals surface area contributed by atoms with Crippen molar-refractivity contribution in [2.45, 2.75) is 26.3 Å². The van der Waals surface area contributed by atoms with Crippen molar-refractivity contribution < 1.29 is 4.39 Å². The van der Waals surface area contributed by atoms with E-state index in [0.717, 1.165) is 36.4 Å². The second-order valence-corrected chi connectivity index (χ2v) is 6.59. The third kappa shape index (κ3) is 2.80. The minimum atomic E-state index is -0.243. The number of piperidine rings is 1. The van der Waals surface area contributed by atoms with E-state index in [1.54, 1.807) is 12.1 Å². The molecule has 1 aliphatic rings. The molecular weight excluding hydrogens is 303 g/mol. The van der Waals surface area contributed by atoms with Gasteiger partial charge < -0.3 is 9.88 Å². The predicted octanol–water partition coefficient (Wildman–Crippen LogP) is 3.55. The summed E-state index contributed by atoms with van der Waals surface area (Å²) < 4.78 is 16.4. The first-order valence-corrected chi connectivity index (χ1v) is 8.51. The number of rotatable bonds is 3. The SMILES string of the molecule is Cc1cnc2c(c1)nc(-c1ccccc1F)n2CC1CCCNC1. The van der Waals surface area contributed by atoms with Crippen molar-refractivity contribution in [1.82, 2.24) is 19.9 Å². The van der Waals surface area contributed by atoms with Crippen molar-refractivity contribution in [1.29, 1.82) is 0 Å². The molecule has 1 unspecified atom stereocenters. The maximum atomic E-state index is 14.4. The molecule has 3 aromatic rings. The molecule has 1 atom stereocenters. The Morgan fingerprint density at radius 1 is 1.33 bits per heavy atom. The molecule has 0 amide bonds. The number of aromatic nitrogens is 3. The Labute approximate surface area is 140 Å². The summed E-state index contributed by atoms with van der Waals surface area (Å²) in [6, 6.07) is 8.85.